The summed E-state index contributed by atoms with van der Waals surface area (Å²) in [6.45, 7) is 1.86. The van der Waals surface area contributed by atoms with Gasteiger partial charge in [-0.3, -0.25) is 13.9 Å². The Balaban J connectivity index is 1.81. The van der Waals surface area contributed by atoms with Gasteiger partial charge in [0.05, 0.1) is 11.0 Å². The highest BCUT2D eigenvalue weighted by molar-refractivity contribution is 6.02. The van der Waals surface area contributed by atoms with Gasteiger partial charge in [0.1, 0.15) is 0 Å². The molecule has 3 rings (SSSR count). The number of rotatable bonds is 3. The Morgan fingerprint density at radius 1 is 0.893 bits per heavy atom. The maximum absolute atomic E-state index is 12.4. The fraction of sp³-hybridized carbons (Fsp3) is 0.250. The van der Waals surface area contributed by atoms with Gasteiger partial charge in [0, 0.05) is 45.1 Å². The van der Waals surface area contributed by atoms with Crippen LogP contribution in [0.2, 0.25) is 0 Å². The molecule has 1 heterocycles. The van der Waals surface area contributed by atoms with Gasteiger partial charge in [0.25, 0.3) is 5.91 Å². The fourth-order valence-corrected chi connectivity index (χ4v) is 3.11. The molecule has 0 spiro atoms. The molecular formula is C20H23N5O3. The van der Waals surface area contributed by atoms with Gasteiger partial charge in [0.15, 0.2) is 0 Å². The van der Waals surface area contributed by atoms with E-state index in [1.54, 1.807) is 69.2 Å². The molecule has 0 saturated carbocycles. The van der Waals surface area contributed by atoms with Crippen LogP contribution < -0.4 is 16.3 Å². The number of hydrogen-bond donors (Lipinski definition) is 2. The number of urea groups is 1. The number of carbonyl (C=O) groups is 2. The topological polar surface area (TPSA) is 88.4 Å². The van der Waals surface area contributed by atoms with E-state index >= 15 is 0 Å². The second-order valence-electron chi connectivity index (χ2n) is 6.97. The molecule has 0 fully saturated rings. The van der Waals surface area contributed by atoms with Crippen molar-refractivity contribution >= 4 is 34.3 Å². The van der Waals surface area contributed by atoms with Gasteiger partial charge in [-0.15, -0.1) is 0 Å². The third kappa shape index (κ3) is 3.62. The van der Waals surface area contributed by atoms with Gasteiger partial charge in [-0.05, 0) is 48.9 Å². The first kappa shape index (κ1) is 19.2. The first-order valence-corrected chi connectivity index (χ1v) is 8.74. The Hall–Kier alpha value is -3.55. The number of amides is 3. The van der Waals surface area contributed by atoms with Crippen molar-refractivity contribution in [1.82, 2.24) is 14.0 Å². The van der Waals surface area contributed by atoms with Crippen molar-refractivity contribution in [3.8, 4) is 0 Å². The third-order valence-corrected chi connectivity index (χ3v) is 4.52. The van der Waals surface area contributed by atoms with E-state index in [0.29, 0.717) is 16.9 Å². The van der Waals surface area contributed by atoms with E-state index in [1.807, 2.05) is 6.92 Å². The van der Waals surface area contributed by atoms with Crippen LogP contribution in [-0.4, -0.2) is 40.1 Å². The summed E-state index contributed by atoms with van der Waals surface area (Å²) < 4.78 is 3.08. The average Bonchev–Trinajstić information content (AvgIpc) is 2.84. The van der Waals surface area contributed by atoms with E-state index < -0.39 is 6.03 Å². The molecule has 8 heteroatoms. The maximum atomic E-state index is 12.4. The lowest BCUT2D eigenvalue weighted by molar-refractivity contribution is 0.0827. The minimum atomic E-state index is -0.436. The molecule has 0 unspecified atom stereocenters. The van der Waals surface area contributed by atoms with Crippen LogP contribution in [0.15, 0.2) is 41.2 Å². The number of nitrogens with zero attached hydrogens (tertiary/aromatic N) is 3. The maximum Gasteiger partial charge on any atom is 0.328 e. The molecule has 2 aromatic carbocycles. The summed E-state index contributed by atoms with van der Waals surface area (Å²) >= 11 is 0. The normalized spacial score (nSPS) is 10.8. The summed E-state index contributed by atoms with van der Waals surface area (Å²) in [5, 5.41) is 5.51. The lowest BCUT2D eigenvalue weighted by atomic mass is 10.1. The van der Waals surface area contributed by atoms with Crippen molar-refractivity contribution in [2.24, 2.45) is 14.1 Å². The first-order valence-electron chi connectivity index (χ1n) is 8.74. The third-order valence-electron chi connectivity index (χ3n) is 4.52. The molecule has 0 aliphatic heterocycles. The molecule has 146 valence electrons. The number of aryl methyl sites for hydroxylation is 3. The van der Waals surface area contributed by atoms with E-state index in [1.165, 1.54) is 9.47 Å². The van der Waals surface area contributed by atoms with Gasteiger partial charge >= 0.3 is 11.7 Å². The number of benzene rings is 2. The monoisotopic (exact) mass is 381 g/mol. The Morgan fingerprint density at radius 2 is 1.54 bits per heavy atom. The zero-order valence-corrected chi connectivity index (χ0v) is 16.5. The van der Waals surface area contributed by atoms with Crippen LogP contribution >= 0.6 is 0 Å². The van der Waals surface area contributed by atoms with Crippen LogP contribution in [0.4, 0.5) is 16.2 Å². The largest absolute Gasteiger partial charge is 0.345 e. The first-order chi connectivity index (χ1) is 13.2. The van der Waals surface area contributed by atoms with E-state index in [-0.39, 0.29) is 11.6 Å². The van der Waals surface area contributed by atoms with Gasteiger partial charge in [-0.2, -0.15) is 0 Å². The fourth-order valence-electron chi connectivity index (χ4n) is 3.11. The number of carbonyl (C=O) groups excluding carboxylic acids is 2. The summed E-state index contributed by atoms with van der Waals surface area (Å²) in [7, 11) is 6.74. The minimum Gasteiger partial charge on any atom is -0.345 e. The highest BCUT2D eigenvalue weighted by atomic mass is 16.2. The Morgan fingerprint density at radius 3 is 2.21 bits per heavy atom. The number of imidazole rings is 1. The molecule has 8 nitrogen and oxygen atoms in total. The zero-order valence-electron chi connectivity index (χ0n) is 16.5. The summed E-state index contributed by atoms with van der Waals surface area (Å²) in [5.74, 6) is -0.136. The molecular weight excluding hydrogens is 358 g/mol. The number of nitrogens with one attached hydrogen (secondary N) is 2. The molecule has 0 bridgehead atoms. The van der Waals surface area contributed by atoms with Crippen LogP contribution in [0.25, 0.3) is 11.0 Å². The highest BCUT2D eigenvalue weighted by Gasteiger charge is 2.12. The van der Waals surface area contributed by atoms with E-state index in [9.17, 15) is 14.4 Å². The molecule has 0 aliphatic carbocycles. The van der Waals surface area contributed by atoms with Crippen molar-refractivity contribution in [1.29, 1.82) is 0 Å². The van der Waals surface area contributed by atoms with Crippen molar-refractivity contribution in [3.05, 3.63) is 58.0 Å². The number of anilines is 2. The molecule has 0 saturated heterocycles. The van der Waals surface area contributed by atoms with Crippen molar-refractivity contribution in [3.63, 3.8) is 0 Å². The number of aromatic nitrogens is 2. The summed E-state index contributed by atoms with van der Waals surface area (Å²) in [5.41, 5.74) is 3.82. The van der Waals surface area contributed by atoms with Gasteiger partial charge in [0.2, 0.25) is 0 Å². The Kier molecular flexibility index (Phi) is 4.96. The molecule has 0 atom stereocenters. The predicted molar refractivity (Wildman–Crippen MR) is 110 cm³/mol. The van der Waals surface area contributed by atoms with Crippen LogP contribution in [0.5, 0.6) is 0 Å². The molecule has 28 heavy (non-hydrogen) atoms. The molecule has 3 aromatic rings. The van der Waals surface area contributed by atoms with E-state index in [4.69, 9.17) is 0 Å². The highest BCUT2D eigenvalue weighted by Crippen LogP contribution is 2.19. The van der Waals surface area contributed by atoms with Gasteiger partial charge in [-0.25, -0.2) is 9.59 Å². The van der Waals surface area contributed by atoms with Gasteiger partial charge in [-0.1, -0.05) is 0 Å². The van der Waals surface area contributed by atoms with E-state index in [2.05, 4.69) is 10.6 Å². The lowest BCUT2D eigenvalue weighted by Crippen LogP contribution is -2.23. The van der Waals surface area contributed by atoms with Crippen molar-refractivity contribution < 1.29 is 9.59 Å². The Labute approximate surface area is 162 Å². The van der Waals surface area contributed by atoms with Crippen LogP contribution in [-0.2, 0) is 14.1 Å². The molecule has 3 amide bonds. The smallest absolute Gasteiger partial charge is 0.328 e. The SMILES string of the molecule is Cc1cc(NC(=O)Nc2ccc3c(c2)n(C)c(=O)n3C)cc(C(=O)N(C)C)c1. The van der Waals surface area contributed by atoms with Crippen molar-refractivity contribution in [2.75, 3.05) is 24.7 Å². The molecule has 1 aromatic heterocycles. The summed E-state index contributed by atoms with van der Waals surface area (Å²) in [4.78, 5) is 38.1. The zero-order chi connectivity index (χ0) is 20.6. The van der Waals surface area contributed by atoms with E-state index in [0.717, 1.165) is 16.6 Å². The summed E-state index contributed by atoms with van der Waals surface area (Å²) in [6.07, 6.45) is 0. The van der Waals surface area contributed by atoms with Crippen LogP contribution in [0.3, 0.4) is 0 Å². The predicted octanol–water partition coefficient (Wildman–Crippen LogP) is 2.53. The molecule has 0 aliphatic rings. The lowest BCUT2D eigenvalue weighted by Gasteiger charge is -2.13. The molecule has 2 N–H and O–H groups in total. The Bertz CT molecular complexity index is 1140. The van der Waals surface area contributed by atoms with Crippen LogP contribution in [0, 0.1) is 6.92 Å². The minimum absolute atomic E-state index is 0.130. The average molecular weight is 381 g/mol. The number of hydrogen-bond acceptors (Lipinski definition) is 3. The second kappa shape index (κ2) is 7.22. The van der Waals surface area contributed by atoms with Gasteiger partial charge < -0.3 is 15.5 Å². The van der Waals surface area contributed by atoms with Crippen molar-refractivity contribution in [2.45, 2.75) is 6.92 Å². The van der Waals surface area contributed by atoms with Crippen LogP contribution in [0.1, 0.15) is 15.9 Å². The summed E-state index contributed by atoms with van der Waals surface area (Å²) in [6, 6.07) is 10.0. The second-order valence-corrected chi connectivity index (χ2v) is 6.97. The molecule has 0 radical (unpaired) electrons. The quantitative estimate of drug-likeness (QED) is 0.731. The standard InChI is InChI=1S/C20H23N5O3/c1-12-8-13(18(26)23(2)3)10-15(9-12)22-19(27)21-14-6-7-16-17(11-14)25(5)20(28)24(16)4/h6-11H,1-5H3,(H2,21,22,27). The number of fused-ring (bicyclic) bond motifs is 1.